The number of rotatable bonds is 8. The molecule has 0 bridgehead atoms. The van der Waals surface area contributed by atoms with Crippen molar-refractivity contribution in [2.45, 2.75) is 39.7 Å². The molecular formula is C15H21NO5. The van der Waals surface area contributed by atoms with Crippen LogP contribution in [0.4, 0.5) is 0 Å². The van der Waals surface area contributed by atoms with Gasteiger partial charge in [0, 0.05) is 19.0 Å². The molecule has 1 rings (SSSR count). The summed E-state index contributed by atoms with van der Waals surface area (Å²) in [6.07, 6.45) is 2.68. The van der Waals surface area contributed by atoms with E-state index in [2.05, 4.69) is 4.74 Å². The number of hydrogen-bond acceptors (Lipinski definition) is 5. The third-order valence-corrected chi connectivity index (χ3v) is 2.93. The van der Waals surface area contributed by atoms with E-state index < -0.39 is 5.97 Å². The lowest BCUT2D eigenvalue weighted by Gasteiger charge is -2.07. The zero-order valence-electron chi connectivity index (χ0n) is 12.7. The molecule has 0 aliphatic heterocycles. The minimum atomic E-state index is -0.437. The second-order valence-electron chi connectivity index (χ2n) is 4.72. The summed E-state index contributed by atoms with van der Waals surface area (Å²) in [7, 11) is 1.32. The summed E-state index contributed by atoms with van der Waals surface area (Å²) < 4.78 is 11.1. The highest BCUT2D eigenvalue weighted by Crippen LogP contribution is 2.11. The SMILES string of the molecule is CCOC(=O)c1cc(C)cn1CC(=O)CCCC(=O)OC. The Morgan fingerprint density at radius 1 is 1.24 bits per heavy atom. The fourth-order valence-corrected chi connectivity index (χ4v) is 1.96. The van der Waals surface area contributed by atoms with E-state index in [1.54, 1.807) is 23.8 Å². The minimum Gasteiger partial charge on any atom is -0.469 e. The van der Waals surface area contributed by atoms with Gasteiger partial charge in [0.2, 0.25) is 0 Å². The fraction of sp³-hybridized carbons (Fsp3) is 0.533. The normalized spacial score (nSPS) is 10.2. The van der Waals surface area contributed by atoms with Crippen LogP contribution < -0.4 is 0 Å². The third-order valence-electron chi connectivity index (χ3n) is 2.93. The maximum Gasteiger partial charge on any atom is 0.354 e. The van der Waals surface area contributed by atoms with Crippen LogP contribution in [0, 0.1) is 6.92 Å². The fourth-order valence-electron chi connectivity index (χ4n) is 1.96. The Labute approximate surface area is 124 Å². The molecule has 0 unspecified atom stereocenters. The summed E-state index contributed by atoms with van der Waals surface area (Å²) in [6.45, 7) is 3.97. The number of carbonyl (C=O) groups is 3. The molecule has 1 aromatic rings. The van der Waals surface area contributed by atoms with Crippen molar-refractivity contribution in [1.29, 1.82) is 0 Å². The molecule has 0 atom stereocenters. The van der Waals surface area contributed by atoms with Crippen molar-refractivity contribution in [3.05, 3.63) is 23.5 Å². The van der Waals surface area contributed by atoms with Gasteiger partial charge in [-0.25, -0.2) is 4.79 Å². The van der Waals surface area contributed by atoms with Crippen LogP contribution in [0.25, 0.3) is 0 Å². The van der Waals surface area contributed by atoms with Gasteiger partial charge in [0.1, 0.15) is 5.69 Å². The summed E-state index contributed by atoms with van der Waals surface area (Å²) in [5, 5.41) is 0. The Morgan fingerprint density at radius 2 is 1.95 bits per heavy atom. The molecule has 0 spiro atoms. The van der Waals surface area contributed by atoms with Gasteiger partial charge in [-0.1, -0.05) is 0 Å². The van der Waals surface area contributed by atoms with E-state index in [-0.39, 0.29) is 37.7 Å². The zero-order chi connectivity index (χ0) is 15.8. The van der Waals surface area contributed by atoms with Crippen molar-refractivity contribution in [3.63, 3.8) is 0 Å². The molecule has 6 heteroatoms. The predicted octanol–water partition coefficient (Wildman–Crippen LogP) is 1.89. The van der Waals surface area contributed by atoms with Crippen molar-refractivity contribution in [2.75, 3.05) is 13.7 Å². The van der Waals surface area contributed by atoms with Crippen molar-refractivity contribution < 1.29 is 23.9 Å². The van der Waals surface area contributed by atoms with Crippen LogP contribution in [-0.4, -0.2) is 36.0 Å². The highest BCUT2D eigenvalue weighted by molar-refractivity contribution is 5.89. The van der Waals surface area contributed by atoms with Gasteiger partial charge in [-0.3, -0.25) is 9.59 Å². The lowest BCUT2D eigenvalue weighted by atomic mass is 10.2. The van der Waals surface area contributed by atoms with Gasteiger partial charge in [-0.05, 0) is 31.9 Å². The molecule has 0 amide bonds. The van der Waals surface area contributed by atoms with Gasteiger partial charge < -0.3 is 14.0 Å². The number of hydrogen-bond donors (Lipinski definition) is 0. The highest BCUT2D eigenvalue weighted by Gasteiger charge is 2.15. The minimum absolute atomic E-state index is 0.0416. The molecule has 0 aliphatic rings. The first-order valence-electron chi connectivity index (χ1n) is 6.90. The van der Waals surface area contributed by atoms with E-state index >= 15 is 0 Å². The summed E-state index contributed by atoms with van der Waals surface area (Å²) in [5.41, 5.74) is 1.26. The second kappa shape index (κ2) is 8.24. The van der Waals surface area contributed by atoms with Crippen LogP contribution in [0.15, 0.2) is 12.3 Å². The molecule has 1 aromatic heterocycles. The van der Waals surface area contributed by atoms with Gasteiger partial charge >= 0.3 is 11.9 Å². The number of Topliss-reactive ketones (excluding diaryl/α,β-unsaturated/α-hetero) is 1. The van der Waals surface area contributed by atoms with Gasteiger partial charge in [-0.2, -0.15) is 0 Å². The number of methoxy groups -OCH3 is 1. The quantitative estimate of drug-likeness (QED) is 0.685. The number of esters is 2. The summed E-state index contributed by atoms with van der Waals surface area (Å²) in [5.74, 6) is -0.806. The van der Waals surface area contributed by atoms with E-state index in [0.29, 0.717) is 12.1 Å². The van der Waals surface area contributed by atoms with Crippen LogP contribution >= 0.6 is 0 Å². The Bertz CT molecular complexity index is 518. The molecular weight excluding hydrogens is 274 g/mol. The number of aromatic nitrogens is 1. The predicted molar refractivity (Wildman–Crippen MR) is 76.0 cm³/mol. The summed E-state index contributed by atoms with van der Waals surface area (Å²) in [4.78, 5) is 34.7. The number of aryl methyl sites for hydroxylation is 1. The standard InChI is InChI=1S/C15H21NO5/c1-4-21-15(19)13-8-11(2)9-16(13)10-12(17)6-5-7-14(18)20-3/h8-9H,4-7,10H2,1-3H3. The second-order valence-corrected chi connectivity index (χ2v) is 4.72. The van der Waals surface area contributed by atoms with Crippen LogP contribution in [0.5, 0.6) is 0 Å². The molecule has 0 saturated carbocycles. The molecule has 0 N–H and O–H groups in total. The van der Waals surface area contributed by atoms with E-state index in [9.17, 15) is 14.4 Å². The topological polar surface area (TPSA) is 74.6 Å². The maximum absolute atomic E-state index is 11.9. The number of carbonyl (C=O) groups excluding carboxylic acids is 3. The molecule has 0 aromatic carbocycles. The molecule has 0 aliphatic carbocycles. The largest absolute Gasteiger partial charge is 0.469 e. The van der Waals surface area contributed by atoms with Gasteiger partial charge in [0.25, 0.3) is 0 Å². The highest BCUT2D eigenvalue weighted by atomic mass is 16.5. The van der Waals surface area contributed by atoms with E-state index in [0.717, 1.165) is 5.56 Å². The van der Waals surface area contributed by atoms with Crippen LogP contribution in [0.3, 0.4) is 0 Å². The number of ketones is 1. The molecule has 116 valence electrons. The molecule has 21 heavy (non-hydrogen) atoms. The number of ether oxygens (including phenoxy) is 2. The van der Waals surface area contributed by atoms with Gasteiger partial charge in [0.05, 0.1) is 20.3 Å². The molecule has 1 heterocycles. The molecule has 0 radical (unpaired) electrons. The Hall–Kier alpha value is -2.11. The van der Waals surface area contributed by atoms with Gasteiger partial charge in [0.15, 0.2) is 5.78 Å². The molecule has 0 saturated heterocycles. The average Bonchev–Trinajstić information content (AvgIpc) is 2.79. The molecule has 6 nitrogen and oxygen atoms in total. The van der Waals surface area contributed by atoms with Crippen LogP contribution in [0.1, 0.15) is 42.2 Å². The first-order chi connectivity index (χ1) is 9.97. The first kappa shape index (κ1) is 16.9. The lowest BCUT2D eigenvalue weighted by Crippen LogP contribution is -2.16. The smallest absolute Gasteiger partial charge is 0.354 e. The van der Waals surface area contributed by atoms with Crippen molar-refractivity contribution in [2.24, 2.45) is 0 Å². The van der Waals surface area contributed by atoms with Gasteiger partial charge in [-0.15, -0.1) is 0 Å². The molecule has 0 fully saturated rings. The van der Waals surface area contributed by atoms with E-state index in [1.807, 2.05) is 6.92 Å². The van der Waals surface area contributed by atoms with E-state index in [1.165, 1.54) is 7.11 Å². The first-order valence-corrected chi connectivity index (χ1v) is 6.90. The third kappa shape index (κ3) is 5.41. The lowest BCUT2D eigenvalue weighted by molar-refractivity contribution is -0.140. The van der Waals surface area contributed by atoms with Crippen molar-refractivity contribution >= 4 is 17.7 Å². The summed E-state index contributed by atoms with van der Waals surface area (Å²) >= 11 is 0. The van der Waals surface area contributed by atoms with Crippen LogP contribution in [-0.2, 0) is 25.6 Å². The van der Waals surface area contributed by atoms with Crippen LogP contribution in [0.2, 0.25) is 0 Å². The zero-order valence-corrected chi connectivity index (χ0v) is 12.7. The maximum atomic E-state index is 11.9. The Kier molecular flexibility index (Phi) is 6.65. The number of nitrogens with zero attached hydrogens (tertiary/aromatic N) is 1. The van der Waals surface area contributed by atoms with Crippen molar-refractivity contribution in [1.82, 2.24) is 4.57 Å². The van der Waals surface area contributed by atoms with E-state index in [4.69, 9.17) is 4.74 Å². The Morgan fingerprint density at radius 3 is 2.57 bits per heavy atom. The van der Waals surface area contributed by atoms with Crippen molar-refractivity contribution in [3.8, 4) is 0 Å². The Balaban J connectivity index is 2.59. The average molecular weight is 295 g/mol. The summed E-state index contributed by atoms with van der Waals surface area (Å²) in [6, 6.07) is 1.69. The monoisotopic (exact) mass is 295 g/mol.